The predicted octanol–water partition coefficient (Wildman–Crippen LogP) is 0.426. The highest BCUT2D eigenvalue weighted by atomic mass is 16.5. The molecule has 0 aliphatic heterocycles. The van der Waals surface area contributed by atoms with E-state index in [1.807, 2.05) is 0 Å². The van der Waals surface area contributed by atoms with E-state index in [1.165, 1.54) is 4.68 Å². The first kappa shape index (κ1) is 12.9. The predicted molar refractivity (Wildman–Crippen MR) is 60.4 cm³/mol. The van der Waals surface area contributed by atoms with E-state index in [0.29, 0.717) is 24.4 Å². The van der Waals surface area contributed by atoms with Gasteiger partial charge in [0.15, 0.2) is 0 Å². The molecule has 0 radical (unpaired) electrons. The van der Waals surface area contributed by atoms with Crippen molar-refractivity contribution in [3.63, 3.8) is 0 Å². The van der Waals surface area contributed by atoms with Gasteiger partial charge in [0.05, 0.1) is 30.0 Å². The van der Waals surface area contributed by atoms with E-state index in [4.69, 9.17) is 4.74 Å². The first-order valence-corrected chi connectivity index (χ1v) is 5.17. The van der Waals surface area contributed by atoms with Gasteiger partial charge in [-0.25, -0.2) is 4.68 Å². The molecule has 90 valence electrons. The summed E-state index contributed by atoms with van der Waals surface area (Å²) >= 11 is 0. The fourth-order valence-corrected chi connectivity index (χ4v) is 1.44. The number of ether oxygens (including phenoxy) is 1. The second-order valence-corrected chi connectivity index (χ2v) is 4.28. The van der Waals surface area contributed by atoms with Crippen LogP contribution in [0.15, 0.2) is 10.9 Å². The maximum Gasteiger partial charge on any atom is 0.272 e. The van der Waals surface area contributed by atoms with Gasteiger partial charge in [0.1, 0.15) is 0 Å². The Balaban J connectivity index is 3.22. The van der Waals surface area contributed by atoms with Crippen molar-refractivity contribution in [3.05, 3.63) is 27.7 Å². The number of rotatable bonds is 4. The molecule has 0 bridgehead atoms. The average Bonchev–Trinajstić information content (AvgIpc) is 2.17. The Morgan fingerprint density at radius 2 is 2.19 bits per heavy atom. The smallest absolute Gasteiger partial charge is 0.272 e. The van der Waals surface area contributed by atoms with Crippen LogP contribution in [-0.2, 0) is 16.9 Å². The Morgan fingerprint density at radius 1 is 1.56 bits per heavy atom. The summed E-state index contributed by atoms with van der Waals surface area (Å²) in [7, 11) is 1.57. The highest BCUT2D eigenvalue weighted by Crippen LogP contribution is 2.15. The largest absolute Gasteiger partial charge is 0.386 e. The zero-order valence-electron chi connectivity index (χ0n) is 10.1. The van der Waals surface area contributed by atoms with Crippen LogP contribution in [0.5, 0.6) is 0 Å². The Morgan fingerprint density at radius 3 is 2.69 bits per heavy atom. The van der Waals surface area contributed by atoms with E-state index in [9.17, 15) is 9.90 Å². The van der Waals surface area contributed by atoms with Crippen molar-refractivity contribution < 1.29 is 9.84 Å². The summed E-state index contributed by atoms with van der Waals surface area (Å²) in [5, 5.41) is 14.0. The topological polar surface area (TPSA) is 64.3 Å². The molecule has 0 fully saturated rings. The lowest BCUT2D eigenvalue weighted by Gasteiger charge is -2.18. The Labute approximate surface area is 94.7 Å². The molecule has 0 saturated carbocycles. The molecule has 1 aromatic heterocycles. The molecule has 16 heavy (non-hydrogen) atoms. The third-order valence-electron chi connectivity index (χ3n) is 2.26. The summed E-state index contributed by atoms with van der Waals surface area (Å²) in [6, 6.07) is 1.62. The molecule has 1 aromatic rings. The molecule has 1 N–H and O–H groups in total. The van der Waals surface area contributed by atoms with Gasteiger partial charge in [-0.15, -0.1) is 0 Å². The standard InChI is InChI=1S/C11H18N2O3/c1-8-7-9(11(2,3)15)10(14)13(12-8)5-6-16-4/h7,15H,5-6H2,1-4H3. The number of methoxy groups -OCH3 is 1. The minimum atomic E-state index is -1.15. The van der Waals surface area contributed by atoms with Gasteiger partial charge >= 0.3 is 0 Å². The molecule has 0 aromatic carbocycles. The summed E-state index contributed by atoms with van der Waals surface area (Å²) in [5.41, 5.74) is -0.362. The Kier molecular flexibility index (Phi) is 3.83. The third kappa shape index (κ3) is 2.90. The van der Waals surface area contributed by atoms with Gasteiger partial charge in [0.25, 0.3) is 5.56 Å². The van der Waals surface area contributed by atoms with E-state index in [-0.39, 0.29) is 5.56 Å². The van der Waals surface area contributed by atoms with Crippen LogP contribution in [0, 0.1) is 6.92 Å². The van der Waals surface area contributed by atoms with Gasteiger partial charge in [-0.05, 0) is 26.8 Å². The number of aromatic nitrogens is 2. The number of hydrogen-bond acceptors (Lipinski definition) is 4. The third-order valence-corrected chi connectivity index (χ3v) is 2.26. The molecule has 0 aliphatic rings. The summed E-state index contributed by atoms with van der Waals surface area (Å²) in [6.07, 6.45) is 0. The maximum absolute atomic E-state index is 12.0. The van der Waals surface area contributed by atoms with Gasteiger partial charge in [0, 0.05) is 7.11 Å². The molecule has 0 aliphatic carbocycles. The molecule has 0 amide bonds. The van der Waals surface area contributed by atoms with Gasteiger partial charge < -0.3 is 9.84 Å². The SMILES string of the molecule is COCCn1nc(C)cc(C(C)(C)O)c1=O. The summed E-state index contributed by atoms with van der Waals surface area (Å²) in [4.78, 5) is 12.0. The number of nitrogens with zero attached hydrogens (tertiary/aromatic N) is 2. The van der Waals surface area contributed by atoms with Crippen molar-refractivity contribution in [2.24, 2.45) is 0 Å². The van der Waals surface area contributed by atoms with Crippen LogP contribution in [0.2, 0.25) is 0 Å². The second kappa shape index (κ2) is 4.76. The van der Waals surface area contributed by atoms with Crippen LogP contribution in [0.4, 0.5) is 0 Å². The minimum absolute atomic E-state index is 0.268. The first-order valence-electron chi connectivity index (χ1n) is 5.17. The molecule has 1 rings (SSSR count). The van der Waals surface area contributed by atoms with E-state index in [0.717, 1.165) is 0 Å². The molecule has 0 spiro atoms. The lowest BCUT2D eigenvalue weighted by molar-refractivity contribution is 0.0755. The quantitative estimate of drug-likeness (QED) is 0.808. The zero-order valence-corrected chi connectivity index (χ0v) is 10.1. The summed E-state index contributed by atoms with van der Waals surface area (Å²) in [6.45, 7) is 5.77. The van der Waals surface area contributed by atoms with Crippen molar-refractivity contribution in [2.45, 2.75) is 32.9 Å². The van der Waals surface area contributed by atoms with Gasteiger partial charge in [-0.3, -0.25) is 4.79 Å². The monoisotopic (exact) mass is 226 g/mol. The fourth-order valence-electron chi connectivity index (χ4n) is 1.44. The molecular formula is C11H18N2O3. The van der Waals surface area contributed by atoms with E-state index in [2.05, 4.69) is 5.10 Å². The van der Waals surface area contributed by atoms with Crippen molar-refractivity contribution in [3.8, 4) is 0 Å². The molecule has 1 heterocycles. The lowest BCUT2D eigenvalue weighted by Crippen LogP contribution is -2.34. The molecule has 0 unspecified atom stereocenters. The molecule has 0 atom stereocenters. The van der Waals surface area contributed by atoms with Crippen molar-refractivity contribution in [1.82, 2.24) is 9.78 Å². The van der Waals surface area contributed by atoms with Crippen molar-refractivity contribution in [2.75, 3.05) is 13.7 Å². The van der Waals surface area contributed by atoms with Gasteiger partial charge in [-0.1, -0.05) is 0 Å². The van der Waals surface area contributed by atoms with Crippen LogP contribution in [0.3, 0.4) is 0 Å². The summed E-state index contributed by atoms with van der Waals surface area (Å²) < 4.78 is 6.23. The minimum Gasteiger partial charge on any atom is -0.386 e. The molecule has 5 heteroatoms. The second-order valence-electron chi connectivity index (χ2n) is 4.28. The van der Waals surface area contributed by atoms with Crippen LogP contribution in [0.25, 0.3) is 0 Å². The average molecular weight is 226 g/mol. The number of hydrogen-bond donors (Lipinski definition) is 1. The highest BCUT2D eigenvalue weighted by Gasteiger charge is 2.21. The number of aliphatic hydroxyl groups is 1. The van der Waals surface area contributed by atoms with E-state index in [1.54, 1.807) is 33.9 Å². The van der Waals surface area contributed by atoms with E-state index >= 15 is 0 Å². The van der Waals surface area contributed by atoms with Crippen LogP contribution in [0.1, 0.15) is 25.1 Å². The zero-order chi connectivity index (χ0) is 12.3. The fraction of sp³-hybridized carbons (Fsp3) is 0.636. The maximum atomic E-state index is 12.0. The highest BCUT2D eigenvalue weighted by molar-refractivity contribution is 5.18. The Bertz CT molecular complexity index is 418. The Hall–Kier alpha value is -1.20. The lowest BCUT2D eigenvalue weighted by atomic mass is 10.00. The van der Waals surface area contributed by atoms with Crippen LogP contribution in [-0.4, -0.2) is 28.6 Å². The first-order chi connectivity index (χ1) is 7.36. The van der Waals surface area contributed by atoms with E-state index < -0.39 is 5.60 Å². The van der Waals surface area contributed by atoms with Gasteiger partial charge in [-0.2, -0.15) is 5.10 Å². The molecule has 5 nitrogen and oxygen atoms in total. The summed E-state index contributed by atoms with van der Waals surface area (Å²) in [5.74, 6) is 0. The molecule has 0 saturated heterocycles. The molecular weight excluding hydrogens is 208 g/mol. The number of aryl methyl sites for hydroxylation is 1. The normalized spacial score (nSPS) is 11.8. The van der Waals surface area contributed by atoms with Crippen molar-refractivity contribution >= 4 is 0 Å². The van der Waals surface area contributed by atoms with Crippen molar-refractivity contribution in [1.29, 1.82) is 0 Å². The van der Waals surface area contributed by atoms with Crippen LogP contribution >= 0.6 is 0 Å². The van der Waals surface area contributed by atoms with Gasteiger partial charge in [0.2, 0.25) is 0 Å². The van der Waals surface area contributed by atoms with Crippen LogP contribution < -0.4 is 5.56 Å².